The maximum Gasteiger partial charge on any atom is 0.408 e. The number of carbonyl (C=O) groups excluding carboxylic acids is 2. The lowest BCUT2D eigenvalue weighted by atomic mass is 10.0. The highest BCUT2D eigenvalue weighted by Gasteiger charge is 2.31. The van der Waals surface area contributed by atoms with Crippen molar-refractivity contribution in [1.82, 2.24) is 10.3 Å². The Morgan fingerprint density at radius 3 is 2.44 bits per heavy atom. The maximum absolute atomic E-state index is 12.1. The zero-order valence-corrected chi connectivity index (χ0v) is 13.8. The van der Waals surface area contributed by atoms with E-state index in [1.54, 1.807) is 19.1 Å². The summed E-state index contributed by atoms with van der Waals surface area (Å²) in [6.45, 7) is 1.81. The van der Waals surface area contributed by atoms with Crippen LogP contribution in [0.1, 0.15) is 24.2 Å². The topological polar surface area (TPSA) is 97.8 Å². The third-order valence-electron chi connectivity index (χ3n) is 3.39. The second-order valence-corrected chi connectivity index (χ2v) is 5.16. The zero-order chi connectivity index (χ0) is 18.1. The van der Waals surface area contributed by atoms with Gasteiger partial charge in [0, 0.05) is 12.4 Å². The summed E-state index contributed by atoms with van der Waals surface area (Å²) in [4.78, 5) is 28.0. The molecule has 2 aromatic rings. The Labute approximate surface area is 145 Å². The van der Waals surface area contributed by atoms with Gasteiger partial charge in [-0.25, -0.2) is 9.59 Å². The van der Waals surface area contributed by atoms with Gasteiger partial charge in [-0.1, -0.05) is 30.3 Å². The van der Waals surface area contributed by atoms with Gasteiger partial charge in [0.1, 0.15) is 12.7 Å². The average Bonchev–Trinajstić information content (AvgIpc) is 2.65. The molecule has 0 aliphatic rings. The first-order valence-corrected chi connectivity index (χ1v) is 7.83. The molecular formula is C18H20N2O5. The van der Waals surface area contributed by atoms with Crippen molar-refractivity contribution in [3.05, 3.63) is 66.0 Å². The molecule has 1 aromatic carbocycles. The van der Waals surface area contributed by atoms with Gasteiger partial charge in [0.2, 0.25) is 0 Å². The lowest BCUT2D eigenvalue weighted by Crippen LogP contribution is -2.46. The summed E-state index contributed by atoms with van der Waals surface area (Å²) in [7, 11) is 0. The third-order valence-corrected chi connectivity index (χ3v) is 3.39. The number of rotatable bonds is 7. The van der Waals surface area contributed by atoms with E-state index in [2.05, 4.69) is 10.3 Å². The first kappa shape index (κ1) is 18.4. The quantitative estimate of drug-likeness (QED) is 0.745. The number of aromatic nitrogens is 1. The van der Waals surface area contributed by atoms with E-state index >= 15 is 0 Å². The summed E-state index contributed by atoms with van der Waals surface area (Å²) in [5.41, 5.74) is 1.23. The van der Waals surface area contributed by atoms with Crippen LogP contribution in [0.5, 0.6) is 0 Å². The molecule has 1 heterocycles. The Balaban J connectivity index is 2.02. The van der Waals surface area contributed by atoms with E-state index in [1.165, 1.54) is 12.4 Å². The molecule has 0 aliphatic heterocycles. The number of carbonyl (C=O) groups is 2. The Hall–Kier alpha value is -2.93. The Kier molecular flexibility index (Phi) is 6.91. The summed E-state index contributed by atoms with van der Waals surface area (Å²) in [5.74, 6) is -0.747. The van der Waals surface area contributed by atoms with Crippen molar-refractivity contribution in [2.75, 3.05) is 6.61 Å². The number of amides is 1. The summed E-state index contributed by atoms with van der Waals surface area (Å²) in [5, 5.41) is 12.8. The molecule has 0 bridgehead atoms. The number of aliphatic hydroxyl groups excluding tert-OH is 1. The molecule has 132 valence electrons. The van der Waals surface area contributed by atoms with Crippen LogP contribution in [0.4, 0.5) is 4.79 Å². The van der Waals surface area contributed by atoms with Crippen molar-refractivity contribution in [2.24, 2.45) is 0 Å². The molecule has 0 aliphatic carbocycles. The maximum atomic E-state index is 12.1. The number of hydrogen-bond donors (Lipinski definition) is 2. The molecule has 2 rings (SSSR count). The highest BCUT2D eigenvalue weighted by molar-refractivity contribution is 5.82. The van der Waals surface area contributed by atoms with Crippen LogP contribution in [-0.4, -0.2) is 34.8 Å². The molecule has 7 heteroatoms. The van der Waals surface area contributed by atoms with Crippen LogP contribution in [-0.2, 0) is 20.9 Å². The van der Waals surface area contributed by atoms with Crippen molar-refractivity contribution in [1.29, 1.82) is 0 Å². The van der Waals surface area contributed by atoms with Gasteiger partial charge >= 0.3 is 12.1 Å². The molecule has 0 fully saturated rings. The first-order chi connectivity index (χ1) is 12.1. The molecule has 2 atom stereocenters. The number of benzene rings is 1. The van der Waals surface area contributed by atoms with Gasteiger partial charge in [0.25, 0.3) is 0 Å². The molecule has 0 radical (unpaired) electrons. The van der Waals surface area contributed by atoms with Crippen LogP contribution in [0.2, 0.25) is 0 Å². The number of hydrogen-bond acceptors (Lipinski definition) is 6. The summed E-state index contributed by atoms with van der Waals surface area (Å²) in [6.07, 6.45) is 0.851. The van der Waals surface area contributed by atoms with Crippen LogP contribution in [0.25, 0.3) is 0 Å². The van der Waals surface area contributed by atoms with Gasteiger partial charge in [0.15, 0.2) is 6.04 Å². The molecule has 7 nitrogen and oxygen atoms in total. The molecule has 2 unspecified atom stereocenters. The van der Waals surface area contributed by atoms with Crippen molar-refractivity contribution in [3.8, 4) is 0 Å². The highest BCUT2D eigenvalue weighted by atomic mass is 16.6. The van der Waals surface area contributed by atoms with E-state index in [-0.39, 0.29) is 13.2 Å². The van der Waals surface area contributed by atoms with Gasteiger partial charge < -0.3 is 19.9 Å². The number of aliphatic hydroxyl groups is 1. The van der Waals surface area contributed by atoms with Crippen LogP contribution in [0.15, 0.2) is 54.9 Å². The number of pyridine rings is 1. The monoisotopic (exact) mass is 344 g/mol. The third kappa shape index (κ3) is 5.58. The fourth-order valence-corrected chi connectivity index (χ4v) is 2.14. The second-order valence-electron chi connectivity index (χ2n) is 5.16. The lowest BCUT2D eigenvalue weighted by molar-refractivity contribution is -0.148. The summed E-state index contributed by atoms with van der Waals surface area (Å²) < 4.78 is 10.0. The predicted octanol–water partition coefficient (Wildman–Crippen LogP) is 1.97. The van der Waals surface area contributed by atoms with E-state index in [0.29, 0.717) is 5.56 Å². The average molecular weight is 344 g/mol. The number of alkyl carbamates (subject to hydrolysis) is 1. The van der Waals surface area contributed by atoms with E-state index in [4.69, 9.17) is 9.47 Å². The lowest BCUT2D eigenvalue weighted by Gasteiger charge is -2.22. The minimum Gasteiger partial charge on any atom is -0.464 e. The Morgan fingerprint density at radius 1 is 1.12 bits per heavy atom. The van der Waals surface area contributed by atoms with E-state index in [9.17, 15) is 14.7 Å². The minimum atomic E-state index is -1.29. The van der Waals surface area contributed by atoms with Crippen LogP contribution in [0, 0.1) is 0 Å². The zero-order valence-electron chi connectivity index (χ0n) is 13.8. The van der Waals surface area contributed by atoms with Gasteiger partial charge in [-0.15, -0.1) is 0 Å². The summed E-state index contributed by atoms with van der Waals surface area (Å²) >= 11 is 0. The molecule has 25 heavy (non-hydrogen) atoms. The highest BCUT2D eigenvalue weighted by Crippen LogP contribution is 2.17. The van der Waals surface area contributed by atoms with E-state index in [0.717, 1.165) is 5.56 Å². The number of nitrogens with zero attached hydrogens (tertiary/aromatic N) is 1. The van der Waals surface area contributed by atoms with Crippen LogP contribution >= 0.6 is 0 Å². The van der Waals surface area contributed by atoms with E-state index in [1.807, 2.05) is 30.3 Å². The van der Waals surface area contributed by atoms with Crippen LogP contribution in [0.3, 0.4) is 0 Å². The molecule has 0 saturated heterocycles. The molecule has 1 aromatic heterocycles. The summed E-state index contributed by atoms with van der Waals surface area (Å²) in [6, 6.07) is 10.9. The predicted molar refractivity (Wildman–Crippen MR) is 89.4 cm³/mol. The standard InChI is InChI=1S/C18H20N2O5/c1-2-24-17(22)15(16(21)14-8-10-19-11-9-14)20-18(23)25-12-13-6-4-3-5-7-13/h3-11,15-16,21H,2,12H2,1H3,(H,20,23). The van der Waals surface area contributed by atoms with Crippen molar-refractivity contribution < 1.29 is 24.2 Å². The number of nitrogens with one attached hydrogen (secondary N) is 1. The van der Waals surface area contributed by atoms with Crippen molar-refractivity contribution in [3.63, 3.8) is 0 Å². The first-order valence-electron chi connectivity index (χ1n) is 7.83. The SMILES string of the molecule is CCOC(=O)C(NC(=O)OCc1ccccc1)C(O)c1ccncc1. The fourth-order valence-electron chi connectivity index (χ4n) is 2.14. The van der Waals surface area contributed by atoms with Crippen molar-refractivity contribution in [2.45, 2.75) is 25.7 Å². The number of esters is 1. The largest absolute Gasteiger partial charge is 0.464 e. The van der Waals surface area contributed by atoms with Crippen molar-refractivity contribution >= 4 is 12.1 Å². The Bertz CT molecular complexity index is 678. The molecule has 0 spiro atoms. The smallest absolute Gasteiger partial charge is 0.408 e. The minimum absolute atomic E-state index is 0.0492. The van der Waals surface area contributed by atoms with Gasteiger partial charge in [-0.3, -0.25) is 4.98 Å². The number of ether oxygens (including phenoxy) is 2. The second kappa shape index (κ2) is 9.39. The van der Waals surface area contributed by atoms with Gasteiger partial charge in [-0.2, -0.15) is 0 Å². The molecule has 1 amide bonds. The fraction of sp³-hybridized carbons (Fsp3) is 0.278. The van der Waals surface area contributed by atoms with E-state index < -0.39 is 24.2 Å². The van der Waals surface area contributed by atoms with Gasteiger partial charge in [-0.05, 0) is 30.2 Å². The Morgan fingerprint density at radius 2 is 1.80 bits per heavy atom. The van der Waals surface area contributed by atoms with Crippen LogP contribution < -0.4 is 5.32 Å². The molecular weight excluding hydrogens is 324 g/mol. The normalized spacial score (nSPS) is 12.7. The molecule has 2 N–H and O–H groups in total. The van der Waals surface area contributed by atoms with Gasteiger partial charge in [0.05, 0.1) is 6.61 Å². The molecule has 0 saturated carbocycles.